The largest absolute Gasteiger partial charge is 0.454 e. The van der Waals surface area contributed by atoms with Crippen molar-refractivity contribution in [3.63, 3.8) is 0 Å². The van der Waals surface area contributed by atoms with Gasteiger partial charge in [-0.1, -0.05) is 0 Å². The summed E-state index contributed by atoms with van der Waals surface area (Å²) < 4.78 is 10.6. The molecule has 1 aliphatic rings. The minimum Gasteiger partial charge on any atom is -0.454 e. The van der Waals surface area contributed by atoms with Crippen molar-refractivity contribution in [2.24, 2.45) is 5.73 Å². The number of hydrogen-bond donors (Lipinski definition) is 1. The number of unbranched alkanes of at least 4 members (excludes halogenated alkanes) is 1. The van der Waals surface area contributed by atoms with Gasteiger partial charge < -0.3 is 20.1 Å². The van der Waals surface area contributed by atoms with Gasteiger partial charge in [-0.2, -0.15) is 0 Å². The summed E-state index contributed by atoms with van der Waals surface area (Å²) in [4.78, 5) is 2.21. The first-order valence-corrected chi connectivity index (χ1v) is 5.62. The lowest BCUT2D eigenvalue weighted by atomic mass is 10.2. The molecule has 16 heavy (non-hydrogen) atoms. The standard InChI is InChI=1S/C12H18N2O2/c1-14(7-3-2-6-13)10-4-5-11-12(8-10)16-9-15-11/h4-5,8H,2-3,6-7,9,13H2,1H3. The molecule has 0 amide bonds. The predicted octanol–water partition coefficient (Wildman–Crippen LogP) is 1.59. The summed E-state index contributed by atoms with van der Waals surface area (Å²) in [6.45, 7) is 2.10. The molecule has 1 aromatic rings. The summed E-state index contributed by atoms with van der Waals surface area (Å²) in [5.74, 6) is 1.67. The Morgan fingerprint density at radius 3 is 2.88 bits per heavy atom. The number of anilines is 1. The highest BCUT2D eigenvalue weighted by Crippen LogP contribution is 2.35. The van der Waals surface area contributed by atoms with E-state index in [1.54, 1.807) is 0 Å². The molecule has 0 unspecified atom stereocenters. The molecule has 1 aliphatic heterocycles. The molecule has 2 rings (SSSR count). The normalized spacial score (nSPS) is 12.9. The maximum atomic E-state index is 5.47. The number of hydrogen-bond acceptors (Lipinski definition) is 4. The predicted molar refractivity (Wildman–Crippen MR) is 64.1 cm³/mol. The molecule has 4 heteroatoms. The number of nitrogens with two attached hydrogens (primary N) is 1. The number of ether oxygens (including phenoxy) is 2. The summed E-state index contributed by atoms with van der Waals surface area (Å²) >= 11 is 0. The zero-order valence-corrected chi connectivity index (χ0v) is 9.61. The van der Waals surface area contributed by atoms with Gasteiger partial charge in [-0.3, -0.25) is 0 Å². The van der Waals surface area contributed by atoms with Gasteiger partial charge in [-0.15, -0.1) is 0 Å². The fourth-order valence-corrected chi connectivity index (χ4v) is 1.75. The first-order valence-electron chi connectivity index (χ1n) is 5.62. The van der Waals surface area contributed by atoms with E-state index >= 15 is 0 Å². The number of fused-ring (bicyclic) bond motifs is 1. The second-order valence-electron chi connectivity index (χ2n) is 3.95. The average molecular weight is 222 g/mol. The van der Waals surface area contributed by atoms with Crippen LogP contribution in [0.3, 0.4) is 0 Å². The Kier molecular flexibility index (Phi) is 3.51. The van der Waals surface area contributed by atoms with Gasteiger partial charge in [0.15, 0.2) is 11.5 Å². The molecule has 4 nitrogen and oxygen atoms in total. The summed E-state index contributed by atoms with van der Waals surface area (Å²) in [6, 6.07) is 6.03. The Labute approximate surface area is 95.9 Å². The monoisotopic (exact) mass is 222 g/mol. The summed E-state index contributed by atoms with van der Waals surface area (Å²) in [5, 5.41) is 0. The van der Waals surface area contributed by atoms with E-state index in [0.29, 0.717) is 6.79 Å². The maximum absolute atomic E-state index is 5.47. The van der Waals surface area contributed by atoms with Crippen molar-refractivity contribution < 1.29 is 9.47 Å². The van der Waals surface area contributed by atoms with Crippen molar-refractivity contribution in [1.82, 2.24) is 0 Å². The van der Waals surface area contributed by atoms with Crippen LogP contribution in [0.4, 0.5) is 5.69 Å². The van der Waals surface area contributed by atoms with Gasteiger partial charge in [-0.05, 0) is 31.5 Å². The Bertz CT molecular complexity index is 355. The van der Waals surface area contributed by atoms with Crippen LogP contribution >= 0.6 is 0 Å². The SMILES string of the molecule is CN(CCCCN)c1ccc2c(c1)OCO2. The Morgan fingerprint density at radius 1 is 1.25 bits per heavy atom. The molecule has 0 aromatic heterocycles. The number of rotatable bonds is 5. The van der Waals surface area contributed by atoms with Crippen molar-refractivity contribution >= 4 is 5.69 Å². The Hall–Kier alpha value is -1.42. The van der Waals surface area contributed by atoms with Crippen LogP contribution in [-0.2, 0) is 0 Å². The van der Waals surface area contributed by atoms with Crippen LogP contribution in [0.25, 0.3) is 0 Å². The molecule has 0 saturated heterocycles. The topological polar surface area (TPSA) is 47.7 Å². The van der Waals surface area contributed by atoms with Crippen LogP contribution in [0.2, 0.25) is 0 Å². The van der Waals surface area contributed by atoms with Crippen molar-refractivity contribution in [2.45, 2.75) is 12.8 Å². The molecule has 88 valence electrons. The lowest BCUT2D eigenvalue weighted by molar-refractivity contribution is 0.174. The Balaban J connectivity index is 1.98. The van der Waals surface area contributed by atoms with Crippen LogP contribution < -0.4 is 20.1 Å². The van der Waals surface area contributed by atoms with Gasteiger partial charge in [0.2, 0.25) is 6.79 Å². The minimum absolute atomic E-state index is 0.329. The van der Waals surface area contributed by atoms with Gasteiger partial charge >= 0.3 is 0 Å². The molecule has 0 bridgehead atoms. The average Bonchev–Trinajstić information content (AvgIpc) is 2.76. The number of benzene rings is 1. The molecule has 0 atom stereocenters. The zero-order chi connectivity index (χ0) is 11.4. The molecular weight excluding hydrogens is 204 g/mol. The van der Waals surface area contributed by atoms with E-state index in [0.717, 1.165) is 43.1 Å². The summed E-state index contributed by atoms with van der Waals surface area (Å²) in [5.41, 5.74) is 6.63. The molecular formula is C12H18N2O2. The van der Waals surface area contributed by atoms with E-state index in [4.69, 9.17) is 15.2 Å². The van der Waals surface area contributed by atoms with Gasteiger partial charge in [0.1, 0.15) is 0 Å². The third-order valence-corrected chi connectivity index (χ3v) is 2.74. The first-order chi connectivity index (χ1) is 7.81. The van der Waals surface area contributed by atoms with E-state index in [2.05, 4.69) is 18.0 Å². The van der Waals surface area contributed by atoms with Gasteiger partial charge in [-0.25, -0.2) is 0 Å². The highest BCUT2D eigenvalue weighted by Gasteiger charge is 2.14. The van der Waals surface area contributed by atoms with E-state index < -0.39 is 0 Å². The van der Waals surface area contributed by atoms with E-state index in [9.17, 15) is 0 Å². The van der Waals surface area contributed by atoms with Gasteiger partial charge in [0.25, 0.3) is 0 Å². The van der Waals surface area contributed by atoms with Gasteiger partial charge in [0, 0.05) is 25.3 Å². The van der Waals surface area contributed by atoms with Crippen molar-refractivity contribution in [3.8, 4) is 11.5 Å². The highest BCUT2D eigenvalue weighted by molar-refractivity contribution is 5.56. The lowest BCUT2D eigenvalue weighted by Crippen LogP contribution is -2.19. The Morgan fingerprint density at radius 2 is 2.06 bits per heavy atom. The molecule has 0 spiro atoms. The third-order valence-electron chi connectivity index (χ3n) is 2.74. The lowest BCUT2D eigenvalue weighted by Gasteiger charge is -2.19. The summed E-state index contributed by atoms with van der Waals surface area (Å²) in [6.07, 6.45) is 2.18. The molecule has 2 N–H and O–H groups in total. The fourth-order valence-electron chi connectivity index (χ4n) is 1.75. The van der Waals surface area contributed by atoms with Crippen LogP contribution in [0.5, 0.6) is 11.5 Å². The third kappa shape index (κ3) is 2.39. The zero-order valence-electron chi connectivity index (χ0n) is 9.61. The van der Waals surface area contributed by atoms with Crippen molar-refractivity contribution in [1.29, 1.82) is 0 Å². The van der Waals surface area contributed by atoms with Crippen molar-refractivity contribution in [3.05, 3.63) is 18.2 Å². The van der Waals surface area contributed by atoms with Crippen LogP contribution in [0.15, 0.2) is 18.2 Å². The maximum Gasteiger partial charge on any atom is 0.231 e. The molecule has 0 saturated carbocycles. The fraction of sp³-hybridized carbons (Fsp3) is 0.500. The molecule has 1 aromatic carbocycles. The molecule has 1 heterocycles. The smallest absolute Gasteiger partial charge is 0.231 e. The van der Waals surface area contributed by atoms with Gasteiger partial charge in [0.05, 0.1) is 0 Å². The van der Waals surface area contributed by atoms with E-state index in [1.165, 1.54) is 0 Å². The van der Waals surface area contributed by atoms with E-state index in [1.807, 2.05) is 12.1 Å². The second-order valence-corrected chi connectivity index (χ2v) is 3.95. The molecule has 0 aliphatic carbocycles. The quantitative estimate of drug-likeness (QED) is 0.769. The van der Waals surface area contributed by atoms with Crippen LogP contribution in [0, 0.1) is 0 Å². The van der Waals surface area contributed by atoms with Crippen molar-refractivity contribution in [2.75, 3.05) is 31.8 Å². The van der Waals surface area contributed by atoms with E-state index in [-0.39, 0.29) is 0 Å². The highest BCUT2D eigenvalue weighted by atomic mass is 16.7. The second kappa shape index (κ2) is 5.07. The van der Waals surface area contributed by atoms with Crippen LogP contribution in [-0.4, -0.2) is 26.9 Å². The number of nitrogens with zero attached hydrogens (tertiary/aromatic N) is 1. The van der Waals surface area contributed by atoms with Crippen LogP contribution in [0.1, 0.15) is 12.8 Å². The first kappa shape index (κ1) is 11.1. The molecule has 0 fully saturated rings. The molecule has 0 radical (unpaired) electrons. The minimum atomic E-state index is 0.329. The summed E-state index contributed by atoms with van der Waals surface area (Å²) in [7, 11) is 2.08.